The first-order chi connectivity index (χ1) is 5.93. The van der Waals surface area contributed by atoms with E-state index in [1.807, 2.05) is 5.92 Å². The van der Waals surface area contributed by atoms with Crippen LogP contribution in [0.1, 0.15) is 8.29 Å². The molecule has 5 nitrogen and oxygen atoms in total. The van der Waals surface area contributed by atoms with Crippen LogP contribution in [-0.2, 0) is 14.3 Å². The van der Waals surface area contributed by atoms with Gasteiger partial charge >= 0.3 is 11.9 Å². The molecule has 0 amide bonds. The van der Waals surface area contributed by atoms with Crippen molar-refractivity contribution in [2.75, 3.05) is 6.58 Å². The highest BCUT2D eigenvalue weighted by Crippen LogP contribution is 1.84. The molecular weight excluding hydrogens is 164 g/mol. The van der Waals surface area contributed by atoms with Crippen LogP contribution in [0.4, 0.5) is 0 Å². The lowest BCUT2D eigenvalue weighted by Gasteiger charge is -2.00. The largest absolute Gasteiger partial charge is 0.472 e. The van der Waals surface area contributed by atoms with Crippen molar-refractivity contribution in [1.29, 1.82) is 0 Å². The minimum Gasteiger partial charge on any atom is -0.472 e. The highest BCUT2D eigenvalue weighted by Gasteiger charge is 2.08. The summed E-state index contributed by atoms with van der Waals surface area (Å²) < 4.78 is 11.1. The summed E-state index contributed by atoms with van der Waals surface area (Å²) in [4.78, 5) is 20.5. The Morgan fingerprint density at radius 2 is 2.33 bits per heavy atom. The molecule has 0 fully saturated rings. The number of aliphatic hydroxyl groups excluding tert-OH is 1. The van der Waals surface area contributed by atoms with Gasteiger partial charge in [-0.3, -0.25) is 0 Å². The van der Waals surface area contributed by atoms with E-state index in [1.54, 1.807) is 5.92 Å². The molecule has 12 heavy (non-hydrogen) atoms. The van der Waals surface area contributed by atoms with Gasteiger partial charge in [-0.25, -0.2) is 9.59 Å². The van der Waals surface area contributed by atoms with Crippen molar-refractivity contribution in [3.05, 3.63) is 0 Å². The van der Waals surface area contributed by atoms with Crippen LogP contribution in [-0.4, -0.2) is 34.8 Å². The van der Waals surface area contributed by atoms with Gasteiger partial charge in [-0.2, -0.15) is 0 Å². The number of hydrogen-bond acceptors (Lipinski definition) is 4. The molecule has 0 aliphatic heterocycles. The normalized spacial score (nSPS) is 14.7. The summed E-state index contributed by atoms with van der Waals surface area (Å²) in [7, 11) is 0. The van der Waals surface area contributed by atoms with Gasteiger partial charge < -0.3 is 14.9 Å². The number of esters is 1. The molecule has 0 aromatic rings. The maximum atomic E-state index is 10.6. The van der Waals surface area contributed by atoms with Crippen LogP contribution in [0.3, 0.4) is 0 Å². The zero-order valence-corrected chi connectivity index (χ0v) is 6.27. The van der Waals surface area contributed by atoms with Crippen molar-refractivity contribution in [3.63, 3.8) is 0 Å². The first-order valence-corrected chi connectivity index (χ1v) is 2.98. The molecule has 0 aliphatic rings. The lowest BCUT2D eigenvalue weighted by Crippen LogP contribution is -2.19. The number of carboxylic acid groups (broad SMARTS) is 1. The quantitative estimate of drug-likeness (QED) is 0.413. The number of hydrogen-bond donors (Lipinski definition) is 2. The molecule has 5 heteroatoms. The summed E-state index contributed by atoms with van der Waals surface area (Å²) in [6.07, 6.45) is -1.35. The number of carbonyl (C=O) groups is 2. The van der Waals surface area contributed by atoms with Gasteiger partial charge in [-0.05, 0) is 12.8 Å². The van der Waals surface area contributed by atoms with Crippen molar-refractivity contribution >= 4 is 11.9 Å². The monoisotopic (exact) mass is 173 g/mol. The molecule has 0 saturated carbocycles. The third kappa shape index (κ3) is 5.26. The fourth-order valence-electron chi connectivity index (χ4n) is 0.277. The molecule has 0 radical (unpaired) electrons. The van der Waals surface area contributed by atoms with E-state index in [-0.39, 0.29) is 0 Å². The van der Waals surface area contributed by atoms with Crippen molar-refractivity contribution in [2.24, 2.45) is 0 Å². The number of carboxylic acids is 1. The van der Waals surface area contributed by atoms with Crippen LogP contribution in [0.2, 0.25) is 0 Å². The van der Waals surface area contributed by atoms with E-state index in [9.17, 15) is 9.59 Å². The van der Waals surface area contributed by atoms with Gasteiger partial charge in [0.15, 0.2) is 6.58 Å². The summed E-state index contributed by atoms with van der Waals surface area (Å²) >= 11 is 0. The number of rotatable bonds is 2. The minimum atomic E-state index is -1.59. The predicted molar refractivity (Wildman–Crippen MR) is 38.1 cm³/mol. The third-order valence-electron chi connectivity index (χ3n) is 0.754. The lowest BCUT2D eigenvalue weighted by molar-refractivity contribution is -0.151. The fourth-order valence-corrected chi connectivity index (χ4v) is 0.277. The summed E-state index contributed by atoms with van der Waals surface area (Å²) in [5.41, 5.74) is 0. The summed E-state index contributed by atoms with van der Waals surface area (Å²) in [5.74, 6) is 1.01. The van der Waals surface area contributed by atoms with E-state index in [0.717, 1.165) is 0 Å². The molecule has 0 rings (SSSR count). The Morgan fingerprint density at radius 3 is 2.75 bits per heavy atom. The number of aliphatic hydroxyl groups is 1. The standard InChI is InChI=1S/C7H8O5/c1-5(8)7(11)12-4-2-3-6(9)10/h5,8H,4H2,1H3,(H,9,10)/i4D. The lowest BCUT2D eigenvalue weighted by atomic mass is 10.4. The van der Waals surface area contributed by atoms with E-state index in [0.29, 0.717) is 0 Å². The zero-order chi connectivity index (χ0) is 10.4. The second-order valence-corrected chi connectivity index (χ2v) is 1.81. The van der Waals surface area contributed by atoms with E-state index in [2.05, 4.69) is 4.74 Å². The van der Waals surface area contributed by atoms with Crippen LogP contribution in [0.5, 0.6) is 0 Å². The summed E-state index contributed by atoms with van der Waals surface area (Å²) in [5, 5.41) is 16.7. The second-order valence-electron chi connectivity index (χ2n) is 1.81. The topological polar surface area (TPSA) is 83.8 Å². The fraction of sp³-hybridized carbons (Fsp3) is 0.429. The first kappa shape index (κ1) is 8.56. The molecule has 0 aromatic heterocycles. The predicted octanol–water partition coefficient (Wildman–Crippen LogP) is -1.00. The Kier molecular flexibility index (Phi) is 3.68. The number of aliphatic carboxylic acids is 1. The van der Waals surface area contributed by atoms with Crippen molar-refractivity contribution < 1.29 is 25.9 Å². The first-order valence-electron chi connectivity index (χ1n) is 3.56. The Morgan fingerprint density at radius 1 is 1.75 bits per heavy atom. The van der Waals surface area contributed by atoms with Crippen molar-refractivity contribution in [2.45, 2.75) is 13.0 Å². The molecule has 2 N–H and O–H groups in total. The van der Waals surface area contributed by atoms with Crippen molar-refractivity contribution in [3.8, 4) is 11.8 Å². The van der Waals surface area contributed by atoms with Crippen LogP contribution in [0.15, 0.2) is 0 Å². The van der Waals surface area contributed by atoms with Gasteiger partial charge in [-0.1, -0.05) is 0 Å². The summed E-state index contributed by atoms with van der Waals surface area (Å²) in [6, 6.07) is 0. The number of ether oxygens (including phenoxy) is 1. The molecule has 66 valence electrons. The SMILES string of the molecule is [2H]C(C#CC(=O)O)OC(=O)C(C)O. The minimum absolute atomic E-state index is 1.01. The van der Waals surface area contributed by atoms with E-state index in [1.165, 1.54) is 6.92 Å². The van der Waals surface area contributed by atoms with Crippen LogP contribution >= 0.6 is 0 Å². The molecule has 0 saturated heterocycles. The molecule has 0 heterocycles. The molecule has 2 unspecified atom stereocenters. The van der Waals surface area contributed by atoms with Gasteiger partial charge in [-0.15, -0.1) is 0 Å². The molecular formula is C7H8O5. The van der Waals surface area contributed by atoms with Crippen LogP contribution in [0, 0.1) is 11.8 Å². The van der Waals surface area contributed by atoms with Crippen LogP contribution < -0.4 is 0 Å². The smallest absolute Gasteiger partial charge is 0.382 e. The Labute approximate surface area is 70.4 Å². The average Bonchev–Trinajstić information content (AvgIpc) is 2.00. The van der Waals surface area contributed by atoms with Gasteiger partial charge in [0.25, 0.3) is 0 Å². The summed E-state index contributed by atoms with van der Waals surface area (Å²) in [6.45, 7) is -0.419. The van der Waals surface area contributed by atoms with Gasteiger partial charge in [0.05, 0.1) is 1.37 Å². The maximum Gasteiger partial charge on any atom is 0.382 e. The van der Waals surface area contributed by atoms with Gasteiger partial charge in [0, 0.05) is 5.92 Å². The third-order valence-corrected chi connectivity index (χ3v) is 0.754. The Balaban J connectivity index is 4.04. The molecule has 0 aliphatic carbocycles. The van der Waals surface area contributed by atoms with Crippen LogP contribution in [0.25, 0.3) is 0 Å². The highest BCUT2D eigenvalue weighted by molar-refractivity contribution is 5.86. The maximum absolute atomic E-state index is 10.6. The zero-order valence-electron chi connectivity index (χ0n) is 7.27. The Bertz CT molecular complexity index is 262. The Hall–Kier alpha value is -1.54. The van der Waals surface area contributed by atoms with Gasteiger partial charge in [0.1, 0.15) is 6.10 Å². The van der Waals surface area contributed by atoms with Crippen molar-refractivity contribution in [1.82, 2.24) is 0 Å². The molecule has 0 aromatic carbocycles. The molecule has 0 spiro atoms. The average molecular weight is 173 g/mol. The van der Waals surface area contributed by atoms with E-state index >= 15 is 0 Å². The van der Waals surface area contributed by atoms with E-state index < -0.39 is 24.6 Å². The number of carbonyl (C=O) groups excluding carboxylic acids is 1. The van der Waals surface area contributed by atoms with Gasteiger partial charge in [0.2, 0.25) is 0 Å². The second kappa shape index (κ2) is 5.16. The highest BCUT2D eigenvalue weighted by atomic mass is 16.5. The van der Waals surface area contributed by atoms with E-state index in [4.69, 9.17) is 11.6 Å². The molecule has 2 atom stereocenters. The molecule has 0 bridgehead atoms.